The van der Waals surface area contributed by atoms with Crippen molar-refractivity contribution in [2.75, 3.05) is 7.11 Å². The van der Waals surface area contributed by atoms with Crippen LogP contribution in [0.3, 0.4) is 0 Å². The summed E-state index contributed by atoms with van der Waals surface area (Å²) in [6.07, 6.45) is 0.283. The lowest BCUT2D eigenvalue weighted by molar-refractivity contribution is -0.135. The minimum atomic E-state index is -2.05. The molecule has 0 amide bonds. The molecule has 136 valence electrons. The highest BCUT2D eigenvalue weighted by Crippen LogP contribution is 2.38. The second-order valence-electron chi connectivity index (χ2n) is 8.18. The molecule has 0 spiro atoms. The summed E-state index contributed by atoms with van der Waals surface area (Å²) in [6, 6.07) is 7.71. The molecule has 0 heterocycles. The first-order chi connectivity index (χ1) is 10.9. The largest absolute Gasteiger partial charge is 0.497 e. The quantitative estimate of drug-likeness (QED) is 0.507. The Morgan fingerprint density at radius 3 is 2.04 bits per heavy atom. The number of carbonyl (C=O) groups excluding carboxylic acids is 1. The van der Waals surface area contributed by atoms with Gasteiger partial charge in [0, 0.05) is 0 Å². The van der Waals surface area contributed by atoms with E-state index in [-0.39, 0.29) is 5.04 Å². The molecule has 1 unspecified atom stereocenters. The van der Waals surface area contributed by atoms with Crippen LogP contribution in [0.1, 0.15) is 40.2 Å². The average molecular weight is 353 g/mol. The van der Waals surface area contributed by atoms with E-state index in [0.29, 0.717) is 6.61 Å². The number of hydrogen-bond acceptors (Lipinski definition) is 4. The third-order valence-corrected chi connectivity index (χ3v) is 9.26. The van der Waals surface area contributed by atoms with E-state index in [0.717, 1.165) is 17.6 Å². The Hall–Kier alpha value is -1.17. The predicted molar refractivity (Wildman–Crippen MR) is 100.0 cm³/mol. The molecule has 1 aromatic rings. The van der Waals surface area contributed by atoms with Crippen LogP contribution in [0, 0.1) is 0 Å². The number of aldehydes is 1. The smallest absolute Gasteiger partial charge is 0.193 e. The highest BCUT2D eigenvalue weighted by molar-refractivity contribution is 6.74. The molecule has 24 heavy (non-hydrogen) atoms. The van der Waals surface area contributed by atoms with Gasteiger partial charge in [0.2, 0.25) is 0 Å². The summed E-state index contributed by atoms with van der Waals surface area (Å²) >= 11 is 0. The number of benzene rings is 1. The van der Waals surface area contributed by atoms with Crippen molar-refractivity contribution < 1.29 is 18.7 Å². The lowest BCUT2D eigenvalue weighted by atomic mass is 10.0. The van der Waals surface area contributed by atoms with Gasteiger partial charge >= 0.3 is 0 Å². The number of methoxy groups -OCH3 is 1. The van der Waals surface area contributed by atoms with Gasteiger partial charge in [-0.15, -0.1) is 0 Å². The van der Waals surface area contributed by atoms with Gasteiger partial charge in [0.05, 0.1) is 19.3 Å². The van der Waals surface area contributed by atoms with E-state index in [2.05, 4.69) is 33.9 Å². The fraction of sp³-hybridized carbons (Fsp3) is 0.632. The molecule has 1 rings (SSSR count). The van der Waals surface area contributed by atoms with Gasteiger partial charge in [-0.1, -0.05) is 32.9 Å². The fourth-order valence-corrected chi connectivity index (χ4v) is 3.23. The molecule has 1 aromatic carbocycles. The molecular formula is C19H32O4Si. The summed E-state index contributed by atoms with van der Waals surface area (Å²) in [6.45, 7) is 15.0. The van der Waals surface area contributed by atoms with Crippen molar-refractivity contribution in [3.8, 4) is 5.75 Å². The molecule has 0 aromatic heterocycles. The average Bonchev–Trinajstić information content (AvgIpc) is 2.50. The van der Waals surface area contributed by atoms with Gasteiger partial charge in [0.25, 0.3) is 0 Å². The Balaban J connectivity index is 2.77. The van der Waals surface area contributed by atoms with E-state index in [4.69, 9.17) is 13.9 Å². The maximum Gasteiger partial charge on any atom is 0.193 e. The van der Waals surface area contributed by atoms with Crippen LogP contribution in [0.2, 0.25) is 18.1 Å². The van der Waals surface area contributed by atoms with E-state index >= 15 is 0 Å². The Bertz CT molecular complexity index is 529. The lowest BCUT2D eigenvalue weighted by Gasteiger charge is -2.42. The molecule has 0 saturated carbocycles. The molecule has 4 nitrogen and oxygen atoms in total. The second kappa shape index (κ2) is 7.81. The maximum absolute atomic E-state index is 11.7. The van der Waals surface area contributed by atoms with Crippen molar-refractivity contribution in [2.45, 2.75) is 71.1 Å². The lowest BCUT2D eigenvalue weighted by Crippen LogP contribution is -2.51. The summed E-state index contributed by atoms with van der Waals surface area (Å²) < 4.78 is 17.4. The molecular weight excluding hydrogens is 320 g/mol. The van der Waals surface area contributed by atoms with Crippen LogP contribution in [0.15, 0.2) is 24.3 Å². The topological polar surface area (TPSA) is 44.8 Å². The zero-order chi connectivity index (χ0) is 18.6. The van der Waals surface area contributed by atoms with Crippen molar-refractivity contribution in [1.29, 1.82) is 0 Å². The van der Waals surface area contributed by atoms with Gasteiger partial charge < -0.3 is 18.7 Å². The summed E-state index contributed by atoms with van der Waals surface area (Å²) in [5.41, 5.74) is 0.331. The van der Waals surface area contributed by atoms with E-state index in [1.165, 1.54) is 0 Å². The zero-order valence-electron chi connectivity index (χ0n) is 16.3. The molecule has 0 radical (unpaired) electrons. The van der Waals surface area contributed by atoms with Crippen LogP contribution in [0.4, 0.5) is 0 Å². The fourth-order valence-electron chi connectivity index (χ4n) is 1.90. The molecule has 5 heteroatoms. The minimum Gasteiger partial charge on any atom is -0.497 e. The van der Waals surface area contributed by atoms with E-state index < -0.39 is 20.0 Å². The monoisotopic (exact) mass is 352 g/mol. The third kappa shape index (κ3) is 5.43. The Labute approximate surface area is 147 Å². The van der Waals surface area contributed by atoms with Crippen LogP contribution in [-0.2, 0) is 20.6 Å². The van der Waals surface area contributed by atoms with Gasteiger partial charge in [-0.25, -0.2) is 0 Å². The van der Waals surface area contributed by atoms with Crippen molar-refractivity contribution in [3.05, 3.63) is 29.8 Å². The Kier molecular flexibility index (Phi) is 6.79. The summed E-state index contributed by atoms with van der Waals surface area (Å²) in [7, 11) is -0.407. The SMILES string of the molecule is COc1ccc(COC(C)(C)C(C=O)O[Si](C)(C)C(C)(C)C)cc1. The normalized spacial score (nSPS) is 14.3. The maximum atomic E-state index is 11.7. The summed E-state index contributed by atoms with van der Waals surface area (Å²) in [5.74, 6) is 0.810. The number of carbonyl (C=O) groups is 1. The Morgan fingerprint density at radius 1 is 1.08 bits per heavy atom. The van der Waals surface area contributed by atoms with E-state index in [1.807, 2.05) is 38.1 Å². The molecule has 0 fully saturated rings. The number of ether oxygens (including phenoxy) is 2. The molecule has 0 N–H and O–H groups in total. The van der Waals surface area contributed by atoms with Gasteiger partial charge in [-0.2, -0.15) is 0 Å². The van der Waals surface area contributed by atoms with E-state index in [9.17, 15) is 4.79 Å². The number of hydrogen-bond donors (Lipinski definition) is 0. The third-order valence-electron chi connectivity index (χ3n) is 4.81. The molecule has 0 aliphatic rings. The predicted octanol–water partition coefficient (Wildman–Crippen LogP) is 4.58. The van der Waals surface area contributed by atoms with Crippen molar-refractivity contribution >= 4 is 14.6 Å². The highest BCUT2D eigenvalue weighted by Gasteiger charge is 2.43. The summed E-state index contributed by atoms with van der Waals surface area (Å²) in [5, 5.41) is 0.0420. The van der Waals surface area contributed by atoms with Crippen LogP contribution in [-0.4, -0.2) is 33.4 Å². The van der Waals surface area contributed by atoms with Crippen molar-refractivity contribution in [3.63, 3.8) is 0 Å². The number of rotatable bonds is 8. The second-order valence-corrected chi connectivity index (χ2v) is 12.9. The minimum absolute atomic E-state index is 0.0420. The molecule has 0 aliphatic carbocycles. The highest BCUT2D eigenvalue weighted by atomic mass is 28.4. The molecule has 1 atom stereocenters. The standard InChI is InChI=1S/C19H32O4Si/c1-18(2,3)24(7,8)23-17(13-20)19(4,5)22-14-15-9-11-16(21-6)12-10-15/h9-13,17H,14H2,1-8H3. The zero-order valence-corrected chi connectivity index (χ0v) is 17.3. The van der Waals surface area contributed by atoms with Crippen LogP contribution >= 0.6 is 0 Å². The molecule has 0 aliphatic heterocycles. The first-order valence-corrected chi connectivity index (χ1v) is 11.2. The first kappa shape index (κ1) is 20.9. The van der Waals surface area contributed by atoms with Crippen LogP contribution in [0.25, 0.3) is 0 Å². The molecule has 0 bridgehead atoms. The van der Waals surface area contributed by atoms with Gasteiger partial charge in [0.1, 0.15) is 18.1 Å². The van der Waals surface area contributed by atoms with E-state index in [1.54, 1.807) is 7.11 Å². The molecule has 0 saturated heterocycles. The first-order valence-electron chi connectivity index (χ1n) is 8.33. The van der Waals surface area contributed by atoms with Crippen LogP contribution < -0.4 is 4.74 Å². The van der Waals surface area contributed by atoms with Gasteiger partial charge in [-0.3, -0.25) is 0 Å². The van der Waals surface area contributed by atoms with Crippen molar-refractivity contribution in [1.82, 2.24) is 0 Å². The summed E-state index contributed by atoms with van der Waals surface area (Å²) in [4.78, 5) is 11.7. The van der Waals surface area contributed by atoms with Crippen molar-refractivity contribution in [2.24, 2.45) is 0 Å². The van der Waals surface area contributed by atoms with Gasteiger partial charge in [-0.05, 0) is 49.7 Å². The van der Waals surface area contributed by atoms with Gasteiger partial charge in [0.15, 0.2) is 8.32 Å². The Morgan fingerprint density at radius 2 is 1.62 bits per heavy atom. The van der Waals surface area contributed by atoms with Crippen LogP contribution in [0.5, 0.6) is 5.75 Å².